The third-order valence-electron chi connectivity index (χ3n) is 3.82. The molecule has 1 heterocycles. The molecule has 1 aliphatic heterocycles. The van der Waals surface area contributed by atoms with Crippen molar-refractivity contribution in [1.82, 2.24) is 4.90 Å². The van der Waals surface area contributed by atoms with Gasteiger partial charge in [0.25, 0.3) is 0 Å². The molecular weight excluding hydrogens is 176 g/mol. The molecule has 1 aliphatic carbocycles. The monoisotopic (exact) mass is 198 g/mol. The third-order valence-corrected chi connectivity index (χ3v) is 3.82. The zero-order valence-electron chi connectivity index (χ0n) is 9.11. The first kappa shape index (κ1) is 10.4. The minimum Gasteiger partial charge on any atom is -0.381 e. The largest absolute Gasteiger partial charge is 0.381 e. The van der Waals surface area contributed by atoms with Gasteiger partial charge < -0.3 is 10.5 Å². The Morgan fingerprint density at radius 2 is 1.86 bits per heavy atom. The van der Waals surface area contributed by atoms with E-state index in [9.17, 15) is 0 Å². The summed E-state index contributed by atoms with van der Waals surface area (Å²) in [5, 5.41) is 0. The summed E-state index contributed by atoms with van der Waals surface area (Å²) in [6.07, 6.45) is 6.16. The standard InChI is InChI=1S/C11H22N2O/c1-13(9-5-7-14-8-6-9)11-4-2-3-10(11)12/h9-11H,2-8,12H2,1H3. The van der Waals surface area contributed by atoms with Crippen LogP contribution >= 0.6 is 0 Å². The van der Waals surface area contributed by atoms with Gasteiger partial charge in [0.1, 0.15) is 0 Å². The van der Waals surface area contributed by atoms with Gasteiger partial charge in [0.15, 0.2) is 0 Å². The number of ether oxygens (including phenoxy) is 1. The molecule has 0 bridgehead atoms. The van der Waals surface area contributed by atoms with Crippen molar-refractivity contribution in [2.45, 2.75) is 50.2 Å². The Kier molecular flexibility index (Phi) is 3.42. The highest BCUT2D eigenvalue weighted by Gasteiger charge is 2.31. The lowest BCUT2D eigenvalue weighted by Gasteiger charge is -2.37. The minimum absolute atomic E-state index is 0.405. The first-order valence-electron chi connectivity index (χ1n) is 5.84. The van der Waals surface area contributed by atoms with E-state index in [-0.39, 0.29) is 0 Å². The molecule has 0 radical (unpaired) electrons. The molecule has 2 N–H and O–H groups in total. The van der Waals surface area contributed by atoms with Gasteiger partial charge in [0, 0.05) is 31.3 Å². The van der Waals surface area contributed by atoms with Gasteiger partial charge >= 0.3 is 0 Å². The first-order chi connectivity index (χ1) is 6.79. The van der Waals surface area contributed by atoms with E-state index < -0.39 is 0 Å². The van der Waals surface area contributed by atoms with Gasteiger partial charge in [-0.05, 0) is 32.7 Å². The van der Waals surface area contributed by atoms with Gasteiger partial charge in [-0.25, -0.2) is 0 Å². The van der Waals surface area contributed by atoms with Gasteiger partial charge in [-0.1, -0.05) is 6.42 Å². The molecule has 2 aliphatic rings. The van der Waals surface area contributed by atoms with Gasteiger partial charge in [-0.3, -0.25) is 4.90 Å². The number of nitrogens with zero attached hydrogens (tertiary/aromatic N) is 1. The molecule has 2 rings (SSSR count). The van der Waals surface area contributed by atoms with Crippen LogP contribution in [-0.4, -0.2) is 43.3 Å². The highest BCUT2D eigenvalue weighted by molar-refractivity contribution is 4.90. The van der Waals surface area contributed by atoms with Crippen molar-refractivity contribution in [2.75, 3.05) is 20.3 Å². The minimum atomic E-state index is 0.405. The Morgan fingerprint density at radius 3 is 2.43 bits per heavy atom. The van der Waals surface area contributed by atoms with Crippen LogP contribution in [0.5, 0.6) is 0 Å². The van der Waals surface area contributed by atoms with Gasteiger partial charge in [-0.2, -0.15) is 0 Å². The van der Waals surface area contributed by atoms with Crippen molar-refractivity contribution in [3.8, 4) is 0 Å². The van der Waals surface area contributed by atoms with E-state index >= 15 is 0 Å². The number of hydrogen-bond acceptors (Lipinski definition) is 3. The fraction of sp³-hybridized carbons (Fsp3) is 1.00. The van der Waals surface area contributed by atoms with E-state index in [1.807, 2.05) is 0 Å². The Balaban J connectivity index is 1.89. The Morgan fingerprint density at radius 1 is 1.14 bits per heavy atom. The zero-order chi connectivity index (χ0) is 9.97. The van der Waals surface area contributed by atoms with Crippen molar-refractivity contribution < 1.29 is 4.74 Å². The molecule has 2 atom stereocenters. The Labute approximate surface area is 86.6 Å². The zero-order valence-corrected chi connectivity index (χ0v) is 9.11. The predicted molar refractivity (Wildman–Crippen MR) is 57.2 cm³/mol. The highest BCUT2D eigenvalue weighted by atomic mass is 16.5. The molecule has 3 nitrogen and oxygen atoms in total. The average molecular weight is 198 g/mol. The first-order valence-corrected chi connectivity index (χ1v) is 5.84. The summed E-state index contributed by atoms with van der Waals surface area (Å²) in [6.45, 7) is 1.86. The topological polar surface area (TPSA) is 38.5 Å². The highest BCUT2D eigenvalue weighted by Crippen LogP contribution is 2.25. The van der Waals surface area contributed by atoms with Crippen molar-refractivity contribution >= 4 is 0 Å². The third kappa shape index (κ3) is 2.10. The molecular formula is C11H22N2O. The van der Waals surface area contributed by atoms with Crippen LogP contribution < -0.4 is 5.73 Å². The lowest BCUT2D eigenvalue weighted by molar-refractivity contribution is 0.0271. The van der Waals surface area contributed by atoms with Gasteiger partial charge in [-0.15, -0.1) is 0 Å². The molecule has 0 amide bonds. The fourth-order valence-corrected chi connectivity index (χ4v) is 2.84. The maximum atomic E-state index is 6.11. The summed E-state index contributed by atoms with van der Waals surface area (Å²) in [5.41, 5.74) is 6.11. The number of rotatable bonds is 2. The average Bonchev–Trinajstić information content (AvgIpc) is 2.65. The maximum Gasteiger partial charge on any atom is 0.0480 e. The van der Waals surface area contributed by atoms with E-state index in [0.29, 0.717) is 18.1 Å². The summed E-state index contributed by atoms with van der Waals surface area (Å²) >= 11 is 0. The van der Waals surface area contributed by atoms with Crippen molar-refractivity contribution in [2.24, 2.45) is 5.73 Å². The molecule has 2 unspecified atom stereocenters. The van der Waals surface area contributed by atoms with Crippen LogP contribution in [0.15, 0.2) is 0 Å². The number of hydrogen-bond donors (Lipinski definition) is 1. The van der Waals surface area contributed by atoms with E-state index in [2.05, 4.69) is 11.9 Å². The van der Waals surface area contributed by atoms with Crippen LogP contribution in [0.4, 0.5) is 0 Å². The van der Waals surface area contributed by atoms with E-state index in [0.717, 1.165) is 13.2 Å². The Bertz CT molecular complexity index is 180. The number of nitrogens with two attached hydrogens (primary N) is 1. The molecule has 0 aromatic heterocycles. The summed E-state index contributed by atoms with van der Waals surface area (Å²) in [6, 6.07) is 1.74. The Hall–Kier alpha value is -0.120. The smallest absolute Gasteiger partial charge is 0.0480 e. The molecule has 1 saturated heterocycles. The van der Waals surface area contributed by atoms with Crippen molar-refractivity contribution in [1.29, 1.82) is 0 Å². The fourth-order valence-electron chi connectivity index (χ4n) is 2.84. The lowest BCUT2D eigenvalue weighted by Crippen LogP contribution is -2.48. The van der Waals surface area contributed by atoms with Crippen LogP contribution in [0, 0.1) is 0 Å². The lowest BCUT2D eigenvalue weighted by atomic mass is 10.0. The van der Waals surface area contributed by atoms with E-state index in [4.69, 9.17) is 10.5 Å². The predicted octanol–water partition coefficient (Wildman–Crippen LogP) is 0.977. The summed E-state index contributed by atoms with van der Waals surface area (Å²) < 4.78 is 5.38. The summed E-state index contributed by atoms with van der Waals surface area (Å²) in [5.74, 6) is 0. The SMILES string of the molecule is CN(C1CCOCC1)C1CCCC1N. The molecule has 3 heteroatoms. The second-order valence-corrected chi connectivity index (χ2v) is 4.67. The van der Waals surface area contributed by atoms with Crippen LogP contribution in [-0.2, 0) is 4.74 Å². The second kappa shape index (κ2) is 4.60. The van der Waals surface area contributed by atoms with Crippen LogP contribution in [0.1, 0.15) is 32.1 Å². The quantitative estimate of drug-likeness (QED) is 0.719. The molecule has 0 aromatic carbocycles. The summed E-state index contributed by atoms with van der Waals surface area (Å²) in [4.78, 5) is 2.51. The summed E-state index contributed by atoms with van der Waals surface area (Å²) in [7, 11) is 2.24. The van der Waals surface area contributed by atoms with Crippen molar-refractivity contribution in [3.63, 3.8) is 0 Å². The molecule has 0 aromatic rings. The van der Waals surface area contributed by atoms with Gasteiger partial charge in [0.2, 0.25) is 0 Å². The second-order valence-electron chi connectivity index (χ2n) is 4.67. The van der Waals surface area contributed by atoms with Crippen LogP contribution in [0.3, 0.4) is 0 Å². The maximum absolute atomic E-state index is 6.11. The normalized spacial score (nSPS) is 35.4. The van der Waals surface area contributed by atoms with Crippen LogP contribution in [0.25, 0.3) is 0 Å². The molecule has 1 saturated carbocycles. The molecule has 14 heavy (non-hydrogen) atoms. The number of likely N-dealkylation sites (N-methyl/N-ethyl adjacent to an activating group) is 1. The van der Waals surface area contributed by atoms with E-state index in [1.54, 1.807) is 0 Å². The molecule has 0 spiro atoms. The van der Waals surface area contributed by atoms with Crippen molar-refractivity contribution in [3.05, 3.63) is 0 Å². The van der Waals surface area contributed by atoms with Gasteiger partial charge in [0.05, 0.1) is 0 Å². The molecule has 2 fully saturated rings. The molecule has 82 valence electrons. The van der Waals surface area contributed by atoms with Crippen LogP contribution in [0.2, 0.25) is 0 Å². The van der Waals surface area contributed by atoms with E-state index in [1.165, 1.54) is 32.1 Å².